The number of benzene rings is 1. The SMILES string of the molecule is CNNC(=O)C(C)(C)c1cc(C)c(OC)cc1C. The van der Waals surface area contributed by atoms with Crippen LogP contribution in [-0.4, -0.2) is 20.1 Å². The molecule has 0 aliphatic rings. The van der Waals surface area contributed by atoms with Crippen LogP contribution in [-0.2, 0) is 10.2 Å². The van der Waals surface area contributed by atoms with E-state index in [0.717, 1.165) is 22.4 Å². The topological polar surface area (TPSA) is 50.4 Å². The first-order chi connectivity index (χ1) is 8.34. The van der Waals surface area contributed by atoms with Gasteiger partial charge in [-0.25, -0.2) is 5.43 Å². The summed E-state index contributed by atoms with van der Waals surface area (Å²) in [5, 5.41) is 0. The van der Waals surface area contributed by atoms with Gasteiger partial charge in [-0.1, -0.05) is 6.07 Å². The lowest BCUT2D eigenvalue weighted by Gasteiger charge is -2.26. The first kappa shape index (κ1) is 14.5. The Morgan fingerprint density at radius 2 is 1.83 bits per heavy atom. The van der Waals surface area contributed by atoms with Crippen LogP contribution >= 0.6 is 0 Å². The van der Waals surface area contributed by atoms with Gasteiger partial charge in [0.05, 0.1) is 12.5 Å². The molecule has 0 aliphatic carbocycles. The number of carbonyl (C=O) groups is 1. The number of aryl methyl sites for hydroxylation is 2. The third kappa shape index (κ3) is 2.64. The Balaban J connectivity index is 3.24. The van der Waals surface area contributed by atoms with Crippen molar-refractivity contribution in [3.63, 3.8) is 0 Å². The molecule has 0 saturated heterocycles. The summed E-state index contributed by atoms with van der Waals surface area (Å²) in [6.07, 6.45) is 0. The maximum atomic E-state index is 12.1. The third-order valence-electron chi connectivity index (χ3n) is 3.22. The normalized spacial score (nSPS) is 11.2. The van der Waals surface area contributed by atoms with Gasteiger partial charge in [0, 0.05) is 7.05 Å². The third-order valence-corrected chi connectivity index (χ3v) is 3.22. The summed E-state index contributed by atoms with van der Waals surface area (Å²) < 4.78 is 5.29. The predicted octanol–water partition coefficient (Wildman–Crippen LogP) is 1.84. The van der Waals surface area contributed by atoms with Crippen molar-refractivity contribution in [3.8, 4) is 5.75 Å². The molecule has 4 nitrogen and oxygen atoms in total. The standard InChI is InChI=1S/C14H22N2O2/c1-9-8-12(18-6)10(2)7-11(9)14(3,4)13(17)16-15-5/h7-8,15H,1-6H3,(H,16,17). The van der Waals surface area contributed by atoms with Crippen molar-refractivity contribution in [2.75, 3.05) is 14.2 Å². The highest BCUT2D eigenvalue weighted by Gasteiger charge is 2.31. The molecule has 1 aromatic carbocycles. The van der Waals surface area contributed by atoms with Crippen molar-refractivity contribution in [1.82, 2.24) is 10.9 Å². The van der Waals surface area contributed by atoms with E-state index in [1.54, 1.807) is 14.2 Å². The number of rotatable bonds is 4. The minimum Gasteiger partial charge on any atom is -0.496 e. The Kier molecular flexibility index (Phi) is 4.35. The van der Waals surface area contributed by atoms with E-state index in [1.807, 2.05) is 39.8 Å². The quantitative estimate of drug-likeness (QED) is 0.802. The molecule has 18 heavy (non-hydrogen) atoms. The fraction of sp³-hybridized carbons (Fsp3) is 0.500. The number of amides is 1. The number of methoxy groups -OCH3 is 1. The van der Waals surface area contributed by atoms with Crippen LogP contribution in [0.3, 0.4) is 0 Å². The van der Waals surface area contributed by atoms with Crippen LogP contribution in [0.2, 0.25) is 0 Å². The Morgan fingerprint density at radius 1 is 1.22 bits per heavy atom. The molecular weight excluding hydrogens is 228 g/mol. The van der Waals surface area contributed by atoms with Crippen molar-refractivity contribution < 1.29 is 9.53 Å². The average Bonchev–Trinajstić information content (AvgIpc) is 2.31. The summed E-state index contributed by atoms with van der Waals surface area (Å²) in [5.74, 6) is 0.791. The summed E-state index contributed by atoms with van der Waals surface area (Å²) in [6, 6.07) is 3.99. The van der Waals surface area contributed by atoms with Gasteiger partial charge in [0.15, 0.2) is 0 Å². The average molecular weight is 250 g/mol. The number of hydrazine groups is 1. The van der Waals surface area contributed by atoms with Gasteiger partial charge in [-0.2, -0.15) is 0 Å². The lowest BCUT2D eigenvalue weighted by molar-refractivity contribution is -0.126. The summed E-state index contributed by atoms with van der Waals surface area (Å²) in [6.45, 7) is 7.79. The zero-order valence-corrected chi connectivity index (χ0v) is 12.0. The highest BCUT2D eigenvalue weighted by molar-refractivity contribution is 5.87. The Morgan fingerprint density at radius 3 is 2.33 bits per heavy atom. The summed E-state index contributed by atoms with van der Waals surface area (Å²) in [7, 11) is 3.33. The van der Waals surface area contributed by atoms with Crippen molar-refractivity contribution in [2.45, 2.75) is 33.1 Å². The van der Waals surface area contributed by atoms with E-state index in [1.165, 1.54) is 0 Å². The summed E-state index contributed by atoms with van der Waals surface area (Å²) in [5.41, 5.74) is 7.81. The van der Waals surface area contributed by atoms with E-state index in [4.69, 9.17) is 4.74 Å². The first-order valence-corrected chi connectivity index (χ1v) is 5.97. The first-order valence-electron chi connectivity index (χ1n) is 5.97. The molecule has 2 N–H and O–H groups in total. The van der Waals surface area contributed by atoms with Crippen molar-refractivity contribution in [2.24, 2.45) is 0 Å². The van der Waals surface area contributed by atoms with E-state index in [0.29, 0.717) is 0 Å². The van der Waals surface area contributed by atoms with Gasteiger partial charge in [0.25, 0.3) is 0 Å². The fourth-order valence-corrected chi connectivity index (χ4v) is 2.08. The molecule has 4 heteroatoms. The molecule has 0 heterocycles. The second-order valence-corrected chi connectivity index (χ2v) is 4.97. The number of ether oxygens (including phenoxy) is 1. The van der Waals surface area contributed by atoms with Gasteiger partial charge in [-0.15, -0.1) is 0 Å². The lowest BCUT2D eigenvalue weighted by atomic mass is 9.80. The molecule has 0 fully saturated rings. The van der Waals surface area contributed by atoms with Crippen LogP contribution in [0.5, 0.6) is 5.75 Å². The molecule has 0 aliphatic heterocycles. The van der Waals surface area contributed by atoms with Gasteiger partial charge in [0.2, 0.25) is 5.91 Å². The molecule has 1 rings (SSSR count). The molecule has 1 aromatic rings. The van der Waals surface area contributed by atoms with Gasteiger partial charge in [0.1, 0.15) is 5.75 Å². The highest BCUT2D eigenvalue weighted by Crippen LogP contribution is 2.31. The van der Waals surface area contributed by atoms with Crippen LogP contribution < -0.4 is 15.6 Å². The molecule has 0 atom stereocenters. The van der Waals surface area contributed by atoms with Crippen LogP contribution in [0, 0.1) is 13.8 Å². The number of nitrogens with one attached hydrogen (secondary N) is 2. The van der Waals surface area contributed by atoms with Crippen LogP contribution in [0.4, 0.5) is 0 Å². The zero-order chi connectivity index (χ0) is 13.9. The minimum atomic E-state index is -0.593. The van der Waals surface area contributed by atoms with Crippen LogP contribution in [0.1, 0.15) is 30.5 Å². The molecule has 0 spiro atoms. The second-order valence-electron chi connectivity index (χ2n) is 4.97. The molecule has 0 bridgehead atoms. The zero-order valence-electron chi connectivity index (χ0n) is 12.0. The van der Waals surface area contributed by atoms with E-state index >= 15 is 0 Å². The Bertz CT molecular complexity index is 453. The monoisotopic (exact) mass is 250 g/mol. The Labute approximate surface area is 109 Å². The van der Waals surface area contributed by atoms with Crippen molar-refractivity contribution in [1.29, 1.82) is 0 Å². The molecule has 1 amide bonds. The van der Waals surface area contributed by atoms with Crippen LogP contribution in [0.15, 0.2) is 12.1 Å². The molecule has 0 radical (unpaired) electrons. The Hall–Kier alpha value is -1.55. The van der Waals surface area contributed by atoms with Crippen molar-refractivity contribution in [3.05, 3.63) is 28.8 Å². The smallest absolute Gasteiger partial charge is 0.244 e. The van der Waals surface area contributed by atoms with Gasteiger partial charge < -0.3 is 4.74 Å². The molecule has 100 valence electrons. The van der Waals surface area contributed by atoms with Crippen LogP contribution in [0.25, 0.3) is 0 Å². The molecular formula is C14H22N2O2. The van der Waals surface area contributed by atoms with Gasteiger partial charge in [-0.05, 0) is 50.5 Å². The maximum Gasteiger partial charge on any atom is 0.244 e. The molecule has 0 unspecified atom stereocenters. The van der Waals surface area contributed by atoms with E-state index in [-0.39, 0.29) is 5.91 Å². The van der Waals surface area contributed by atoms with E-state index < -0.39 is 5.41 Å². The molecule has 0 aromatic heterocycles. The van der Waals surface area contributed by atoms with Gasteiger partial charge >= 0.3 is 0 Å². The highest BCUT2D eigenvalue weighted by atomic mass is 16.5. The summed E-state index contributed by atoms with van der Waals surface area (Å²) in [4.78, 5) is 12.1. The van der Waals surface area contributed by atoms with E-state index in [9.17, 15) is 4.79 Å². The summed E-state index contributed by atoms with van der Waals surface area (Å²) >= 11 is 0. The maximum absolute atomic E-state index is 12.1. The van der Waals surface area contributed by atoms with Gasteiger partial charge in [-0.3, -0.25) is 10.2 Å². The van der Waals surface area contributed by atoms with Crippen molar-refractivity contribution >= 4 is 5.91 Å². The molecule has 0 saturated carbocycles. The largest absolute Gasteiger partial charge is 0.496 e. The van der Waals surface area contributed by atoms with E-state index in [2.05, 4.69) is 10.9 Å². The predicted molar refractivity (Wildman–Crippen MR) is 72.7 cm³/mol. The lowest BCUT2D eigenvalue weighted by Crippen LogP contribution is -2.45. The number of hydrogen-bond acceptors (Lipinski definition) is 3. The number of hydrogen-bond donors (Lipinski definition) is 2. The minimum absolute atomic E-state index is 0.0577. The second kappa shape index (κ2) is 5.40. The fourth-order valence-electron chi connectivity index (χ4n) is 2.08. The number of carbonyl (C=O) groups excluding carboxylic acids is 1.